The van der Waals surface area contributed by atoms with Crippen molar-refractivity contribution in [1.29, 1.82) is 0 Å². The highest BCUT2D eigenvalue weighted by molar-refractivity contribution is 5.93. The number of benzene rings is 2. The molecule has 1 aliphatic rings. The van der Waals surface area contributed by atoms with E-state index in [2.05, 4.69) is 0 Å². The number of hydroxylamine groups is 1. The molecule has 2 aromatic rings. The van der Waals surface area contributed by atoms with Crippen LogP contribution in [0.5, 0.6) is 0 Å². The van der Waals surface area contributed by atoms with E-state index >= 15 is 8.78 Å². The lowest BCUT2D eigenvalue weighted by atomic mass is 10.1. The van der Waals surface area contributed by atoms with E-state index in [4.69, 9.17) is 5.21 Å². The lowest BCUT2D eigenvalue weighted by Crippen LogP contribution is -2.40. The molecule has 4 nitrogen and oxygen atoms in total. The van der Waals surface area contributed by atoms with Crippen molar-refractivity contribution in [2.45, 2.75) is 25.3 Å². The van der Waals surface area contributed by atoms with Gasteiger partial charge in [-0.05, 0) is 43.0 Å². The molecule has 0 aliphatic carbocycles. The van der Waals surface area contributed by atoms with Gasteiger partial charge in [0.15, 0.2) is 0 Å². The minimum absolute atomic E-state index is 0.119. The number of aryl methyl sites for hydroxylation is 1. The van der Waals surface area contributed by atoms with Gasteiger partial charge in [0.1, 0.15) is 0 Å². The summed E-state index contributed by atoms with van der Waals surface area (Å²) in [7, 11) is 0. The molecule has 0 fully saturated rings. The lowest BCUT2D eigenvalue weighted by molar-refractivity contribution is -0.00800. The van der Waals surface area contributed by atoms with Crippen LogP contribution in [-0.4, -0.2) is 17.7 Å². The van der Waals surface area contributed by atoms with Crippen molar-refractivity contribution in [1.82, 2.24) is 5.48 Å². The van der Waals surface area contributed by atoms with E-state index in [0.29, 0.717) is 12.1 Å². The average Bonchev–Trinajstić information content (AvgIpc) is 2.84. The summed E-state index contributed by atoms with van der Waals surface area (Å²) in [6.45, 7) is 0.267. The third-order valence-corrected chi connectivity index (χ3v) is 4.30. The third kappa shape index (κ3) is 2.97. The summed E-state index contributed by atoms with van der Waals surface area (Å²) in [5.41, 5.74) is 2.89. The fourth-order valence-electron chi connectivity index (χ4n) is 3.03. The summed E-state index contributed by atoms with van der Waals surface area (Å²) in [5, 5.41) is 8.61. The maximum atomic E-state index is 15.1. The highest BCUT2D eigenvalue weighted by Crippen LogP contribution is 2.39. The molecule has 0 spiro atoms. The van der Waals surface area contributed by atoms with Crippen LogP contribution in [0.4, 0.5) is 14.5 Å². The molecule has 3 rings (SSSR count). The molecule has 2 N–H and O–H groups in total. The zero-order valence-corrected chi connectivity index (χ0v) is 13.0. The maximum Gasteiger partial charge on any atom is 0.352 e. The van der Waals surface area contributed by atoms with Gasteiger partial charge >= 0.3 is 6.05 Å². The monoisotopic (exact) mass is 332 g/mol. The Morgan fingerprint density at radius 2 is 1.79 bits per heavy atom. The number of amides is 1. The molecule has 0 unspecified atom stereocenters. The van der Waals surface area contributed by atoms with Gasteiger partial charge in [-0.1, -0.05) is 30.3 Å². The molecule has 1 aliphatic heterocycles. The molecule has 1 heterocycles. The van der Waals surface area contributed by atoms with Crippen molar-refractivity contribution >= 4 is 11.6 Å². The van der Waals surface area contributed by atoms with Crippen molar-refractivity contribution in [3.63, 3.8) is 0 Å². The molecule has 0 radical (unpaired) electrons. The van der Waals surface area contributed by atoms with E-state index in [1.165, 1.54) is 29.7 Å². The molecule has 126 valence electrons. The Morgan fingerprint density at radius 1 is 1.08 bits per heavy atom. The second-order valence-electron chi connectivity index (χ2n) is 5.80. The number of halogens is 2. The summed E-state index contributed by atoms with van der Waals surface area (Å²) < 4.78 is 30.2. The van der Waals surface area contributed by atoms with Gasteiger partial charge in [0.2, 0.25) is 0 Å². The molecule has 0 saturated heterocycles. The van der Waals surface area contributed by atoms with Crippen molar-refractivity contribution in [3.05, 3.63) is 65.2 Å². The van der Waals surface area contributed by atoms with Crippen molar-refractivity contribution in [2.75, 3.05) is 11.4 Å². The van der Waals surface area contributed by atoms with E-state index in [1.807, 2.05) is 12.1 Å². The van der Waals surface area contributed by atoms with E-state index in [9.17, 15) is 4.79 Å². The molecule has 0 aromatic heterocycles. The lowest BCUT2D eigenvalue weighted by Gasteiger charge is -2.33. The number of alkyl halides is 2. The number of para-hydroxylation sites is 1. The van der Waals surface area contributed by atoms with E-state index in [1.54, 1.807) is 12.1 Å². The highest BCUT2D eigenvalue weighted by Gasteiger charge is 2.40. The number of hydrogen-bond acceptors (Lipinski definition) is 3. The van der Waals surface area contributed by atoms with Gasteiger partial charge in [0, 0.05) is 23.4 Å². The fourth-order valence-corrected chi connectivity index (χ4v) is 3.03. The van der Waals surface area contributed by atoms with Crippen LogP contribution in [0.25, 0.3) is 0 Å². The smallest absolute Gasteiger partial charge is 0.309 e. The van der Waals surface area contributed by atoms with Crippen LogP contribution in [0.1, 0.15) is 34.3 Å². The predicted octanol–water partition coefficient (Wildman–Crippen LogP) is 3.70. The van der Waals surface area contributed by atoms with Gasteiger partial charge in [-0.25, -0.2) is 5.48 Å². The van der Waals surface area contributed by atoms with E-state index in [-0.39, 0.29) is 17.7 Å². The zero-order chi connectivity index (χ0) is 17.2. The average molecular weight is 332 g/mol. The van der Waals surface area contributed by atoms with Crippen LogP contribution >= 0.6 is 0 Å². The summed E-state index contributed by atoms with van der Waals surface area (Å²) >= 11 is 0. The van der Waals surface area contributed by atoms with Crippen LogP contribution in [-0.2, 0) is 12.5 Å². The Bertz CT molecular complexity index is 732. The Morgan fingerprint density at radius 3 is 2.50 bits per heavy atom. The molecular formula is C18H18F2N2O2. The second-order valence-corrected chi connectivity index (χ2v) is 5.80. The van der Waals surface area contributed by atoms with Crippen molar-refractivity contribution in [2.24, 2.45) is 0 Å². The number of fused-ring (bicyclic) bond motifs is 1. The van der Waals surface area contributed by atoms with Crippen LogP contribution in [0.2, 0.25) is 0 Å². The second kappa shape index (κ2) is 6.57. The molecule has 24 heavy (non-hydrogen) atoms. The zero-order valence-electron chi connectivity index (χ0n) is 13.0. The Labute approximate surface area is 138 Å². The quantitative estimate of drug-likeness (QED) is 0.512. The molecule has 1 amide bonds. The number of anilines is 1. The first kappa shape index (κ1) is 16.4. The third-order valence-electron chi connectivity index (χ3n) is 4.30. The van der Waals surface area contributed by atoms with E-state index < -0.39 is 12.0 Å². The van der Waals surface area contributed by atoms with Gasteiger partial charge < -0.3 is 4.90 Å². The van der Waals surface area contributed by atoms with Gasteiger partial charge in [0.05, 0.1) is 0 Å². The summed E-state index contributed by atoms with van der Waals surface area (Å²) in [6, 6.07) is 9.05. The predicted molar refractivity (Wildman–Crippen MR) is 86.3 cm³/mol. The minimum Gasteiger partial charge on any atom is -0.309 e. The maximum absolute atomic E-state index is 15.1. The number of nitrogens with one attached hydrogen (secondary N) is 1. The first-order chi connectivity index (χ1) is 11.5. The summed E-state index contributed by atoms with van der Waals surface area (Å²) in [5.74, 6) is -0.731. The Hall–Kier alpha value is -2.47. The molecular weight excluding hydrogens is 314 g/mol. The first-order valence-corrected chi connectivity index (χ1v) is 7.82. The Balaban J connectivity index is 1.96. The van der Waals surface area contributed by atoms with Crippen molar-refractivity contribution < 1.29 is 18.8 Å². The van der Waals surface area contributed by atoms with Gasteiger partial charge in [-0.15, -0.1) is 0 Å². The number of carbonyl (C=O) groups excluding carboxylic acids is 1. The SMILES string of the molecule is O=C(NO)c1ccc(C(F)(F)N2CCCCc3ccccc32)cc1. The normalized spacial score (nSPS) is 14.7. The van der Waals surface area contributed by atoms with Crippen LogP contribution < -0.4 is 10.4 Å². The molecule has 0 saturated carbocycles. The van der Waals surface area contributed by atoms with Crippen LogP contribution in [0.3, 0.4) is 0 Å². The fraction of sp³-hybridized carbons (Fsp3) is 0.278. The molecule has 0 bridgehead atoms. The van der Waals surface area contributed by atoms with Crippen molar-refractivity contribution in [3.8, 4) is 0 Å². The molecule has 0 atom stereocenters. The minimum atomic E-state index is -3.19. The van der Waals surface area contributed by atoms with Gasteiger partial charge in [0.25, 0.3) is 5.91 Å². The van der Waals surface area contributed by atoms with Gasteiger partial charge in [-0.2, -0.15) is 8.78 Å². The van der Waals surface area contributed by atoms with E-state index in [0.717, 1.165) is 23.3 Å². The molecule has 6 heteroatoms. The largest absolute Gasteiger partial charge is 0.352 e. The standard InChI is InChI=1S/C18H18F2N2O2/c19-18(20,15-10-8-14(9-11-15)17(23)21-24)22-12-4-3-6-13-5-1-2-7-16(13)22/h1-2,5,7-11,24H,3-4,6,12H2,(H,21,23). The summed E-state index contributed by atoms with van der Waals surface area (Å²) in [6.07, 6.45) is 2.35. The number of rotatable bonds is 3. The summed E-state index contributed by atoms with van der Waals surface area (Å²) in [4.78, 5) is 12.5. The topological polar surface area (TPSA) is 52.6 Å². The highest BCUT2D eigenvalue weighted by atomic mass is 19.3. The van der Waals surface area contributed by atoms with Crippen LogP contribution in [0.15, 0.2) is 48.5 Å². The molecule has 2 aromatic carbocycles. The number of nitrogens with zero attached hydrogens (tertiary/aromatic N) is 1. The Kier molecular flexibility index (Phi) is 4.49. The number of carbonyl (C=O) groups is 1. The van der Waals surface area contributed by atoms with Gasteiger partial charge in [-0.3, -0.25) is 10.0 Å². The number of hydrogen-bond donors (Lipinski definition) is 2. The van der Waals surface area contributed by atoms with Crippen LogP contribution in [0, 0.1) is 0 Å². The first-order valence-electron chi connectivity index (χ1n) is 7.82.